The molecule has 1 aliphatic heterocycles. The minimum absolute atomic E-state index is 0.537. The van der Waals surface area contributed by atoms with Crippen molar-refractivity contribution in [2.45, 2.75) is 5.78 Å². The largest absolute Gasteiger partial charge is 0.497 e. The van der Waals surface area contributed by atoms with Crippen LogP contribution >= 0.6 is 7.60 Å². The third kappa shape index (κ3) is 2.75. The molecule has 8 heteroatoms. The van der Waals surface area contributed by atoms with Crippen LogP contribution in [0, 0.1) is 0 Å². The molecule has 0 fully saturated rings. The van der Waals surface area contributed by atoms with Crippen molar-refractivity contribution < 1.29 is 27.9 Å². The molecule has 0 spiro atoms. The number of carbonyl (C=O) groups excluding carboxylic acids is 1. The molecule has 120 valence electrons. The number of anilines is 1. The molecule has 0 bridgehead atoms. The molecule has 0 radical (unpaired) electrons. The highest BCUT2D eigenvalue weighted by Gasteiger charge is 2.43. The fourth-order valence-corrected chi connectivity index (χ4v) is 3.65. The second kappa shape index (κ2) is 6.52. The van der Waals surface area contributed by atoms with E-state index in [4.69, 9.17) is 18.5 Å². The molecule has 1 unspecified atom stereocenters. The van der Waals surface area contributed by atoms with Gasteiger partial charge in [-0.1, -0.05) is 6.08 Å². The molecule has 0 aliphatic carbocycles. The van der Waals surface area contributed by atoms with E-state index >= 15 is 0 Å². The van der Waals surface area contributed by atoms with Gasteiger partial charge in [0.15, 0.2) is 5.78 Å². The third-order valence-electron chi connectivity index (χ3n) is 3.41. The zero-order valence-electron chi connectivity index (χ0n) is 12.8. The van der Waals surface area contributed by atoms with Gasteiger partial charge in [-0.3, -0.25) is 9.46 Å². The molecule has 1 aromatic rings. The zero-order valence-corrected chi connectivity index (χ0v) is 13.7. The van der Waals surface area contributed by atoms with Gasteiger partial charge in [-0.15, -0.1) is 0 Å². The molecule has 1 aromatic carbocycles. The Bertz CT molecular complexity index is 636. The van der Waals surface area contributed by atoms with Gasteiger partial charge in [-0.2, -0.15) is 0 Å². The van der Waals surface area contributed by atoms with E-state index in [0.29, 0.717) is 11.4 Å². The van der Waals surface area contributed by atoms with Crippen LogP contribution in [0.15, 0.2) is 24.3 Å². The molecule has 1 aliphatic rings. The summed E-state index contributed by atoms with van der Waals surface area (Å²) in [4.78, 5) is 13.4. The van der Waals surface area contributed by atoms with Crippen molar-refractivity contribution in [3.63, 3.8) is 0 Å². The maximum atomic E-state index is 12.7. The number of carbonyl (C=O) groups is 1. The number of nitrogens with zero attached hydrogens (tertiary/aromatic N) is 1. The smallest absolute Gasteiger partial charge is 0.415 e. The van der Waals surface area contributed by atoms with Crippen LogP contribution in [0.2, 0.25) is 0 Å². The summed E-state index contributed by atoms with van der Waals surface area (Å²) in [7, 11) is 1.81. The van der Waals surface area contributed by atoms with Crippen LogP contribution in [-0.4, -0.2) is 40.3 Å². The van der Waals surface area contributed by atoms with E-state index in [-0.39, 0.29) is 0 Å². The Kier molecular flexibility index (Phi) is 4.90. The predicted octanol–water partition coefficient (Wildman–Crippen LogP) is 3.11. The minimum Gasteiger partial charge on any atom is -0.497 e. The van der Waals surface area contributed by atoms with Gasteiger partial charge in [-0.05, 0) is 24.3 Å². The molecule has 1 atom stereocenters. The number of hydrogen-bond acceptors (Lipinski definition) is 6. The minimum atomic E-state index is -3.55. The van der Waals surface area contributed by atoms with Gasteiger partial charge < -0.3 is 18.5 Å². The summed E-state index contributed by atoms with van der Waals surface area (Å²) in [6.45, 7) is 0. The number of benzene rings is 1. The molecule has 2 rings (SSSR count). The molecule has 0 saturated heterocycles. The lowest BCUT2D eigenvalue weighted by atomic mass is 10.1. The second-order valence-electron chi connectivity index (χ2n) is 4.44. The fraction of sp³-hybridized carbons (Fsp3) is 0.357. The third-order valence-corrected chi connectivity index (χ3v) is 5.48. The summed E-state index contributed by atoms with van der Waals surface area (Å²) in [5, 5.41) is 0. The maximum absolute atomic E-state index is 12.7. The first-order valence-electron chi connectivity index (χ1n) is 6.45. The summed E-state index contributed by atoms with van der Waals surface area (Å²) in [6.07, 6.45) is 2.68. The predicted molar refractivity (Wildman–Crippen MR) is 82.3 cm³/mol. The Morgan fingerprint density at radius 3 is 2.41 bits per heavy atom. The number of rotatable bonds is 4. The van der Waals surface area contributed by atoms with E-state index in [0.717, 1.165) is 5.56 Å². The summed E-state index contributed by atoms with van der Waals surface area (Å²) >= 11 is 0. The van der Waals surface area contributed by atoms with E-state index in [1.54, 1.807) is 37.5 Å². The molecule has 22 heavy (non-hydrogen) atoms. The van der Waals surface area contributed by atoms with Crippen molar-refractivity contribution >= 4 is 25.5 Å². The Labute approximate surface area is 128 Å². The van der Waals surface area contributed by atoms with E-state index in [2.05, 4.69) is 0 Å². The monoisotopic (exact) mass is 327 g/mol. The van der Waals surface area contributed by atoms with Crippen molar-refractivity contribution in [1.82, 2.24) is 0 Å². The standard InChI is InChI=1S/C14H18NO6P/c1-18-11-6-7-12-10(9-11)5-8-13(15(12)14(16)19-2)22(17,20-3)21-4/h5-9,13H,1-4H3. The lowest BCUT2D eigenvalue weighted by molar-refractivity contribution is 0.176. The lowest BCUT2D eigenvalue weighted by Gasteiger charge is -2.35. The Morgan fingerprint density at radius 1 is 1.18 bits per heavy atom. The number of fused-ring (bicyclic) bond motifs is 1. The average Bonchev–Trinajstić information content (AvgIpc) is 2.58. The summed E-state index contributed by atoms with van der Waals surface area (Å²) in [5.74, 6) is -0.260. The normalized spacial score (nSPS) is 17.1. The van der Waals surface area contributed by atoms with Crippen LogP contribution in [0.5, 0.6) is 5.75 Å². The lowest BCUT2D eigenvalue weighted by Crippen LogP contribution is -2.41. The topological polar surface area (TPSA) is 74.3 Å². The summed E-state index contributed by atoms with van der Waals surface area (Å²) in [6, 6.07) is 5.16. The highest BCUT2D eigenvalue weighted by atomic mass is 31.2. The number of hydrogen-bond donors (Lipinski definition) is 0. The first kappa shape index (κ1) is 16.5. The molecular formula is C14H18NO6P. The molecule has 0 aromatic heterocycles. The van der Waals surface area contributed by atoms with E-state index in [1.165, 1.54) is 26.2 Å². The quantitative estimate of drug-likeness (QED) is 0.791. The molecular weight excluding hydrogens is 309 g/mol. The first-order valence-corrected chi connectivity index (χ1v) is 8.06. The molecule has 0 saturated carbocycles. The Balaban J connectivity index is 2.56. The number of amides is 1. The molecule has 1 heterocycles. The molecule has 1 amide bonds. The molecule has 7 nitrogen and oxygen atoms in total. The fourth-order valence-electron chi connectivity index (χ4n) is 2.27. The number of methoxy groups -OCH3 is 2. The van der Waals surface area contributed by atoms with Gasteiger partial charge in [-0.25, -0.2) is 4.79 Å². The SMILES string of the molecule is COC(=O)N1c2ccc(OC)cc2C=CC1P(=O)(OC)OC. The van der Waals surface area contributed by atoms with Crippen molar-refractivity contribution in [1.29, 1.82) is 0 Å². The van der Waals surface area contributed by atoms with Crippen LogP contribution in [-0.2, 0) is 18.3 Å². The summed E-state index contributed by atoms with van der Waals surface area (Å²) < 4.78 is 32.7. The van der Waals surface area contributed by atoms with Crippen LogP contribution in [0.3, 0.4) is 0 Å². The van der Waals surface area contributed by atoms with Crippen LogP contribution in [0.4, 0.5) is 10.5 Å². The highest BCUT2D eigenvalue weighted by Crippen LogP contribution is 2.56. The van der Waals surface area contributed by atoms with Crippen LogP contribution in [0.25, 0.3) is 6.08 Å². The van der Waals surface area contributed by atoms with Crippen LogP contribution in [0.1, 0.15) is 5.56 Å². The Morgan fingerprint density at radius 2 is 1.86 bits per heavy atom. The average molecular weight is 327 g/mol. The van der Waals surface area contributed by atoms with Crippen molar-refractivity contribution in [2.75, 3.05) is 33.3 Å². The van der Waals surface area contributed by atoms with Gasteiger partial charge in [0.25, 0.3) is 0 Å². The second-order valence-corrected chi connectivity index (χ2v) is 6.78. The highest BCUT2D eigenvalue weighted by molar-refractivity contribution is 7.55. The van der Waals surface area contributed by atoms with Gasteiger partial charge >= 0.3 is 13.7 Å². The van der Waals surface area contributed by atoms with Gasteiger partial charge in [0.1, 0.15) is 5.75 Å². The first-order chi connectivity index (χ1) is 10.5. The van der Waals surface area contributed by atoms with Crippen LogP contribution < -0.4 is 9.64 Å². The summed E-state index contributed by atoms with van der Waals surface area (Å²) in [5.41, 5.74) is 1.27. The van der Waals surface area contributed by atoms with Gasteiger partial charge in [0.2, 0.25) is 0 Å². The van der Waals surface area contributed by atoms with Crippen molar-refractivity contribution in [2.24, 2.45) is 0 Å². The van der Waals surface area contributed by atoms with Crippen molar-refractivity contribution in [3.05, 3.63) is 29.8 Å². The number of ether oxygens (including phenoxy) is 2. The van der Waals surface area contributed by atoms with E-state index in [1.807, 2.05) is 0 Å². The molecule has 0 N–H and O–H groups in total. The van der Waals surface area contributed by atoms with Gasteiger partial charge in [0, 0.05) is 19.8 Å². The Hall–Kier alpha value is -1.82. The van der Waals surface area contributed by atoms with Crippen molar-refractivity contribution in [3.8, 4) is 5.75 Å². The van der Waals surface area contributed by atoms with E-state index < -0.39 is 19.5 Å². The zero-order chi connectivity index (χ0) is 16.3. The maximum Gasteiger partial charge on any atom is 0.415 e. The van der Waals surface area contributed by atoms with Gasteiger partial charge in [0.05, 0.1) is 19.9 Å². The van der Waals surface area contributed by atoms with E-state index in [9.17, 15) is 9.36 Å².